The molecule has 2 rings (SSSR count). The smallest absolute Gasteiger partial charge is 0.260 e. The van der Waals surface area contributed by atoms with E-state index in [1.54, 1.807) is 17.9 Å². The van der Waals surface area contributed by atoms with Gasteiger partial charge < -0.3 is 5.73 Å². The third-order valence-electron chi connectivity index (χ3n) is 2.52. The Labute approximate surface area is 114 Å². The molecule has 0 aliphatic carbocycles. The number of amides is 1. The van der Waals surface area contributed by atoms with E-state index in [0.29, 0.717) is 17.2 Å². The summed E-state index contributed by atoms with van der Waals surface area (Å²) >= 11 is 1.31. The fourth-order valence-corrected chi connectivity index (χ4v) is 2.10. The molecule has 2 aromatic rings. The van der Waals surface area contributed by atoms with Crippen LogP contribution in [0.2, 0.25) is 0 Å². The van der Waals surface area contributed by atoms with Gasteiger partial charge in [0, 0.05) is 12.7 Å². The first-order valence-corrected chi connectivity index (χ1v) is 6.38. The molecule has 2 heterocycles. The number of aryl methyl sites for hydroxylation is 1. The largest absolute Gasteiger partial charge is 0.320 e. The van der Waals surface area contributed by atoms with Crippen LogP contribution >= 0.6 is 11.3 Å². The van der Waals surface area contributed by atoms with Crippen LogP contribution in [0.3, 0.4) is 0 Å². The topological polar surface area (TPSA) is 85.8 Å². The summed E-state index contributed by atoms with van der Waals surface area (Å²) in [7, 11) is 1.79. The van der Waals surface area contributed by atoms with E-state index < -0.39 is 0 Å². The lowest BCUT2D eigenvalue weighted by atomic mass is 10.2. The number of carbonyl (C=O) groups excluding carboxylic acids is 1. The van der Waals surface area contributed by atoms with Gasteiger partial charge in [0.05, 0.1) is 29.4 Å². The number of nitrogens with two attached hydrogens (primary N) is 1. The summed E-state index contributed by atoms with van der Waals surface area (Å²) in [6, 6.07) is 0. The average molecular weight is 275 g/mol. The Bertz CT molecular complexity index is 661. The predicted octanol–water partition coefficient (Wildman–Crippen LogP) is 0.748. The fourth-order valence-electron chi connectivity index (χ4n) is 1.41. The minimum absolute atomic E-state index is 0.224. The molecule has 0 unspecified atom stereocenters. The molecule has 2 aromatic heterocycles. The molecule has 0 radical (unpaired) electrons. The van der Waals surface area contributed by atoms with Gasteiger partial charge in [-0.25, -0.2) is 4.98 Å². The predicted molar refractivity (Wildman–Crippen MR) is 73.9 cm³/mol. The Morgan fingerprint density at radius 1 is 1.58 bits per heavy atom. The van der Waals surface area contributed by atoms with Gasteiger partial charge in [-0.3, -0.25) is 14.8 Å². The molecule has 0 aliphatic heterocycles. The van der Waals surface area contributed by atoms with Crippen LogP contribution in [0.25, 0.3) is 0 Å². The highest BCUT2D eigenvalue weighted by Crippen LogP contribution is 2.18. The number of anilines is 1. The zero-order chi connectivity index (χ0) is 13.8. The number of nitrogens with zero attached hydrogens (tertiary/aromatic N) is 3. The first-order chi connectivity index (χ1) is 9.11. The van der Waals surface area contributed by atoms with Crippen LogP contribution in [-0.4, -0.2) is 27.2 Å². The molecule has 0 atom stereocenters. The van der Waals surface area contributed by atoms with E-state index in [4.69, 9.17) is 5.73 Å². The van der Waals surface area contributed by atoms with Crippen LogP contribution in [-0.2, 0) is 7.05 Å². The van der Waals surface area contributed by atoms with E-state index in [9.17, 15) is 4.79 Å². The molecule has 7 heteroatoms. The summed E-state index contributed by atoms with van der Waals surface area (Å²) in [6.45, 7) is 2.14. The second kappa shape index (κ2) is 5.65. The summed E-state index contributed by atoms with van der Waals surface area (Å²) in [5.74, 6) is 5.38. The fraction of sp³-hybridized carbons (Fsp3) is 0.250. The minimum Gasteiger partial charge on any atom is -0.320 e. The Hall–Kier alpha value is -2.17. The SMILES string of the molecule is Cc1c(C(=O)Nc2ncc(C#CCN)s2)cnn1C. The second-order valence-corrected chi connectivity index (χ2v) is 4.79. The number of rotatable bonds is 2. The minimum atomic E-state index is -0.224. The van der Waals surface area contributed by atoms with Crippen molar-refractivity contribution in [3.63, 3.8) is 0 Å². The zero-order valence-electron chi connectivity index (χ0n) is 10.6. The highest BCUT2D eigenvalue weighted by atomic mass is 32.1. The lowest BCUT2D eigenvalue weighted by Crippen LogP contribution is -2.12. The highest BCUT2D eigenvalue weighted by Gasteiger charge is 2.14. The van der Waals surface area contributed by atoms with Gasteiger partial charge in [-0.05, 0) is 6.92 Å². The van der Waals surface area contributed by atoms with E-state index in [-0.39, 0.29) is 5.91 Å². The summed E-state index contributed by atoms with van der Waals surface area (Å²) in [5, 5.41) is 7.26. The molecule has 0 spiro atoms. The third-order valence-corrected chi connectivity index (χ3v) is 3.35. The number of aromatic nitrogens is 3. The maximum Gasteiger partial charge on any atom is 0.260 e. The van der Waals surface area contributed by atoms with Crippen molar-refractivity contribution in [2.75, 3.05) is 11.9 Å². The third kappa shape index (κ3) is 2.99. The van der Waals surface area contributed by atoms with Crippen LogP contribution in [0.15, 0.2) is 12.4 Å². The van der Waals surface area contributed by atoms with Gasteiger partial charge in [-0.1, -0.05) is 23.2 Å². The summed E-state index contributed by atoms with van der Waals surface area (Å²) < 4.78 is 1.65. The lowest BCUT2D eigenvalue weighted by Gasteiger charge is -2.00. The number of thiazole rings is 1. The molecular weight excluding hydrogens is 262 g/mol. The van der Waals surface area contributed by atoms with Crippen molar-refractivity contribution >= 4 is 22.4 Å². The monoisotopic (exact) mass is 275 g/mol. The normalized spacial score (nSPS) is 9.84. The Morgan fingerprint density at radius 2 is 2.37 bits per heavy atom. The molecule has 1 amide bonds. The Kier molecular flexibility index (Phi) is 3.94. The van der Waals surface area contributed by atoms with Crippen LogP contribution in [0.5, 0.6) is 0 Å². The molecule has 0 saturated heterocycles. The number of hydrogen-bond donors (Lipinski definition) is 2. The van der Waals surface area contributed by atoms with Crippen molar-refractivity contribution in [1.82, 2.24) is 14.8 Å². The van der Waals surface area contributed by atoms with Crippen LogP contribution in [0.4, 0.5) is 5.13 Å². The molecule has 98 valence electrons. The maximum atomic E-state index is 12.0. The first kappa shape index (κ1) is 13.3. The summed E-state index contributed by atoms with van der Waals surface area (Å²) in [4.78, 5) is 16.9. The van der Waals surface area contributed by atoms with Gasteiger partial charge in [0.15, 0.2) is 5.13 Å². The van der Waals surface area contributed by atoms with Crippen molar-refractivity contribution in [2.24, 2.45) is 12.8 Å². The van der Waals surface area contributed by atoms with Crippen LogP contribution in [0, 0.1) is 18.8 Å². The van der Waals surface area contributed by atoms with E-state index in [1.165, 1.54) is 17.5 Å². The lowest BCUT2D eigenvalue weighted by molar-refractivity contribution is 0.102. The summed E-state index contributed by atoms with van der Waals surface area (Å²) in [5.41, 5.74) is 6.63. The molecular formula is C12H13N5OS. The zero-order valence-corrected chi connectivity index (χ0v) is 11.4. The quantitative estimate of drug-likeness (QED) is 0.792. The van der Waals surface area contributed by atoms with Crippen molar-refractivity contribution < 1.29 is 4.79 Å². The van der Waals surface area contributed by atoms with Crippen LogP contribution < -0.4 is 11.1 Å². The maximum absolute atomic E-state index is 12.0. The van der Waals surface area contributed by atoms with Gasteiger partial charge in [0.2, 0.25) is 0 Å². The van der Waals surface area contributed by atoms with Crippen molar-refractivity contribution in [3.05, 3.63) is 28.5 Å². The van der Waals surface area contributed by atoms with E-state index in [0.717, 1.165) is 10.6 Å². The van der Waals surface area contributed by atoms with Gasteiger partial charge >= 0.3 is 0 Å². The molecule has 0 saturated carbocycles. The number of carbonyl (C=O) groups is 1. The first-order valence-electron chi connectivity index (χ1n) is 5.56. The molecule has 0 aromatic carbocycles. The van der Waals surface area contributed by atoms with E-state index >= 15 is 0 Å². The molecule has 6 nitrogen and oxygen atoms in total. The second-order valence-electron chi connectivity index (χ2n) is 3.76. The van der Waals surface area contributed by atoms with Gasteiger partial charge in [0.1, 0.15) is 0 Å². The standard InChI is InChI=1S/C12H13N5OS/c1-8-10(7-15-17(8)2)11(18)16-12-14-6-9(19-12)4-3-5-13/h6-7H,5,13H2,1-2H3,(H,14,16,18). The molecule has 0 bridgehead atoms. The molecule has 19 heavy (non-hydrogen) atoms. The molecule has 0 aliphatic rings. The van der Waals surface area contributed by atoms with Crippen LogP contribution in [0.1, 0.15) is 20.9 Å². The Morgan fingerprint density at radius 3 is 3.00 bits per heavy atom. The molecule has 0 fully saturated rings. The van der Waals surface area contributed by atoms with Gasteiger partial charge in [-0.2, -0.15) is 5.10 Å². The van der Waals surface area contributed by atoms with Gasteiger partial charge in [-0.15, -0.1) is 0 Å². The average Bonchev–Trinajstić information content (AvgIpc) is 2.95. The van der Waals surface area contributed by atoms with Crippen molar-refractivity contribution in [3.8, 4) is 11.8 Å². The molecule has 3 N–H and O–H groups in total. The highest BCUT2D eigenvalue weighted by molar-refractivity contribution is 7.16. The number of nitrogens with one attached hydrogen (secondary N) is 1. The van der Waals surface area contributed by atoms with Crippen molar-refractivity contribution in [1.29, 1.82) is 0 Å². The van der Waals surface area contributed by atoms with Crippen molar-refractivity contribution in [2.45, 2.75) is 6.92 Å². The number of hydrogen-bond acceptors (Lipinski definition) is 5. The Balaban J connectivity index is 2.11. The summed E-state index contributed by atoms with van der Waals surface area (Å²) in [6.07, 6.45) is 3.15. The van der Waals surface area contributed by atoms with Gasteiger partial charge in [0.25, 0.3) is 5.91 Å². The van der Waals surface area contributed by atoms with E-state index in [2.05, 4.69) is 27.2 Å². The van der Waals surface area contributed by atoms with E-state index in [1.807, 2.05) is 6.92 Å².